The normalized spacial score (nSPS) is 30.3. The van der Waals surface area contributed by atoms with Gasteiger partial charge in [0.1, 0.15) is 0 Å². The SMILES string of the molecule is N=C(N)C1CC[N+]([O-])(c2ccccn2)C1. The zero-order chi connectivity index (χ0) is 10.9. The third-order valence-electron chi connectivity index (χ3n) is 2.86. The minimum absolute atomic E-state index is 0.0930. The summed E-state index contributed by atoms with van der Waals surface area (Å²) < 4.78 is -0.453. The second-order valence-electron chi connectivity index (χ2n) is 3.92. The summed E-state index contributed by atoms with van der Waals surface area (Å²) in [4.78, 5) is 4.07. The largest absolute Gasteiger partial charge is 0.626 e. The number of quaternary nitrogens is 1. The van der Waals surface area contributed by atoms with E-state index in [2.05, 4.69) is 4.98 Å². The second kappa shape index (κ2) is 3.60. The lowest BCUT2D eigenvalue weighted by molar-refractivity contribution is 0.436. The first kappa shape index (κ1) is 10.1. The van der Waals surface area contributed by atoms with Crippen LogP contribution in [0.5, 0.6) is 0 Å². The summed E-state index contributed by atoms with van der Waals surface area (Å²) in [6.07, 6.45) is 2.30. The number of aromatic nitrogens is 1. The zero-order valence-corrected chi connectivity index (χ0v) is 8.39. The molecule has 1 aromatic heterocycles. The van der Waals surface area contributed by atoms with Crippen molar-refractivity contribution in [2.75, 3.05) is 13.1 Å². The first-order valence-electron chi connectivity index (χ1n) is 4.95. The molecule has 2 rings (SSSR count). The molecule has 1 fully saturated rings. The lowest BCUT2D eigenvalue weighted by Gasteiger charge is -2.36. The van der Waals surface area contributed by atoms with Crippen LogP contribution in [0.4, 0.5) is 5.82 Å². The van der Waals surface area contributed by atoms with E-state index in [0.29, 0.717) is 25.3 Å². The number of amidine groups is 1. The average molecular weight is 206 g/mol. The van der Waals surface area contributed by atoms with Crippen molar-refractivity contribution in [3.05, 3.63) is 29.6 Å². The molecule has 0 amide bonds. The van der Waals surface area contributed by atoms with Crippen LogP contribution in [0.25, 0.3) is 0 Å². The van der Waals surface area contributed by atoms with Crippen LogP contribution >= 0.6 is 0 Å². The number of hydroxylamine groups is 2. The van der Waals surface area contributed by atoms with E-state index in [9.17, 15) is 5.21 Å². The molecule has 1 aromatic rings. The first-order chi connectivity index (χ1) is 7.12. The summed E-state index contributed by atoms with van der Waals surface area (Å²) in [5.74, 6) is 0.535. The summed E-state index contributed by atoms with van der Waals surface area (Å²) in [7, 11) is 0. The van der Waals surface area contributed by atoms with Crippen LogP contribution in [-0.2, 0) is 0 Å². The maximum Gasteiger partial charge on any atom is 0.227 e. The highest BCUT2D eigenvalue weighted by Gasteiger charge is 2.35. The van der Waals surface area contributed by atoms with Crippen molar-refractivity contribution in [2.24, 2.45) is 11.7 Å². The van der Waals surface area contributed by atoms with Crippen molar-refractivity contribution in [3.63, 3.8) is 0 Å². The number of nitrogens with zero attached hydrogens (tertiary/aromatic N) is 2. The highest BCUT2D eigenvalue weighted by atomic mass is 16.5. The Labute approximate surface area is 88.2 Å². The Kier molecular flexibility index (Phi) is 2.42. The molecule has 0 bridgehead atoms. The van der Waals surface area contributed by atoms with Crippen molar-refractivity contribution in [1.29, 1.82) is 5.41 Å². The van der Waals surface area contributed by atoms with Crippen molar-refractivity contribution in [3.8, 4) is 0 Å². The van der Waals surface area contributed by atoms with E-state index in [4.69, 9.17) is 11.1 Å². The fraction of sp³-hybridized carbons (Fsp3) is 0.400. The fourth-order valence-corrected chi connectivity index (χ4v) is 1.96. The van der Waals surface area contributed by atoms with Gasteiger partial charge in [-0.15, -0.1) is 0 Å². The van der Waals surface area contributed by atoms with E-state index >= 15 is 0 Å². The third-order valence-corrected chi connectivity index (χ3v) is 2.86. The van der Waals surface area contributed by atoms with E-state index in [-0.39, 0.29) is 11.8 Å². The number of pyridine rings is 1. The quantitative estimate of drug-likeness (QED) is 0.325. The predicted molar refractivity (Wildman–Crippen MR) is 59.2 cm³/mol. The highest BCUT2D eigenvalue weighted by Crippen LogP contribution is 2.28. The van der Waals surface area contributed by atoms with Crippen LogP contribution in [0, 0.1) is 16.5 Å². The van der Waals surface area contributed by atoms with Gasteiger partial charge < -0.3 is 15.6 Å². The smallest absolute Gasteiger partial charge is 0.227 e. The van der Waals surface area contributed by atoms with Crippen molar-refractivity contribution in [1.82, 2.24) is 9.63 Å². The van der Waals surface area contributed by atoms with Gasteiger partial charge in [0.25, 0.3) is 0 Å². The van der Waals surface area contributed by atoms with Crippen LogP contribution in [0.1, 0.15) is 6.42 Å². The number of rotatable bonds is 2. The molecular weight excluding hydrogens is 192 g/mol. The minimum Gasteiger partial charge on any atom is -0.626 e. The monoisotopic (exact) mass is 206 g/mol. The lowest BCUT2D eigenvalue weighted by Crippen LogP contribution is -2.42. The summed E-state index contributed by atoms with van der Waals surface area (Å²) in [6, 6.07) is 5.32. The lowest BCUT2D eigenvalue weighted by atomic mass is 10.1. The molecule has 1 aliphatic rings. The molecular formula is C10H14N4O. The Morgan fingerprint density at radius 1 is 1.60 bits per heavy atom. The van der Waals surface area contributed by atoms with E-state index in [1.165, 1.54) is 0 Å². The van der Waals surface area contributed by atoms with E-state index in [0.717, 1.165) is 0 Å². The van der Waals surface area contributed by atoms with Crippen LogP contribution in [0.3, 0.4) is 0 Å². The molecule has 80 valence electrons. The predicted octanol–water partition coefficient (Wildman–Crippen LogP) is 0.843. The molecule has 0 spiro atoms. The summed E-state index contributed by atoms with van der Waals surface area (Å²) >= 11 is 0. The van der Waals surface area contributed by atoms with Crippen LogP contribution in [0.2, 0.25) is 0 Å². The Bertz CT molecular complexity index is 367. The van der Waals surface area contributed by atoms with Crippen molar-refractivity contribution in [2.45, 2.75) is 6.42 Å². The van der Waals surface area contributed by atoms with E-state index in [1.807, 2.05) is 0 Å². The molecule has 2 heterocycles. The van der Waals surface area contributed by atoms with Crippen molar-refractivity contribution < 1.29 is 0 Å². The average Bonchev–Trinajstić information content (AvgIpc) is 2.64. The van der Waals surface area contributed by atoms with Gasteiger partial charge in [-0.05, 0) is 6.07 Å². The minimum atomic E-state index is -0.453. The van der Waals surface area contributed by atoms with Crippen LogP contribution < -0.4 is 10.4 Å². The van der Waals surface area contributed by atoms with E-state index in [1.54, 1.807) is 24.4 Å². The molecule has 0 radical (unpaired) electrons. The summed E-state index contributed by atoms with van der Waals surface area (Å²) in [5, 5.41) is 19.7. The topological polar surface area (TPSA) is 85.8 Å². The highest BCUT2D eigenvalue weighted by molar-refractivity contribution is 5.80. The summed E-state index contributed by atoms with van der Waals surface area (Å²) in [5.41, 5.74) is 5.41. The van der Waals surface area contributed by atoms with Gasteiger partial charge in [-0.3, -0.25) is 5.41 Å². The molecule has 0 aromatic carbocycles. The fourth-order valence-electron chi connectivity index (χ4n) is 1.96. The number of hydrogen-bond donors (Lipinski definition) is 2. The van der Waals surface area contributed by atoms with Crippen LogP contribution in [0.15, 0.2) is 24.4 Å². The van der Waals surface area contributed by atoms with Crippen LogP contribution in [-0.4, -0.2) is 23.9 Å². The van der Waals surface area contributed by atoms with Gasteiger partial charge in [-0.1, -0.05) is 6.07 Å². The molecule has 15 heavy (non-hydrogen) atoms. The number of nitrogens with two attached hydrogens (primary N) is 1. The van der Waals surface area contributed by atoms with Gasteiger partial charge in [-0.25, -0.2) is 4.98 Å². The summed E-state index contributed by atoms with van der Waals surface area (Å²) in [6.45, 7) is 0.799. The number of hydrogen-bond acceptors (Lipinski definition) is 3. The Morgan fingerprint density at radius 2 is 2.40 bits per heavy atom. The maximum atomic E-state index is 12.3. The van der Waals surface area contributed by atoms with Crippen molar-refractivity contribution >= 4 is 11.7 Å². The Morgan fingerprint density at radius 3 is 2.93 bits per heavy atom. The number of nitrogens with one attached hydrogen (secondary N) is 1. The molecule has 2 unspecified atom stereocenters. The van der Waals surface area contributed by atoms with Gasteiger partial charge >= 0.3 is 0 Å². The zero-order valence-electron chi connectivity index (χ0n) is 8.39. The molecule has 0 saturated carbocycles. The van der Waals surface area contributed by atoms with Gasteiger partial charge in [0.15, 0.2) is 0 Å². The van der Waals surface area contributed by atoms with E-state index < -0.39 is 4.65 Å². The second-order valence-corrected chi connectivity index (χ2v) is 3.92. The Hall–Kier alpha value is -1.46. The standard InChI is InChI=1S/C10H14N4O/c11-10(12)8-4-6-14(15,7-8)9-3-1-2-5-13-9/h1-3,5,8H,4,6-7H2,(H3,11,12). The molecule has 2 atom stereocenters. The molecule has 3 N–H and O–H groups in total. The maximum absolute atomic E-state index is 12.3. The Balaban J connectivity index is 2.20. The molecule has 1 saturated heterocycles. The van der Waals surface area contributed by atoms with Gasteiger partial charge in [-0.2, -0.15) is 0 Å². The first-order valence-corrected chi connectivity index (χ1v) is 4.95. The molecule has 1 aliphatic heterocycles. The van der Waals surface area contributed by atoms with Gasteiger partial charge in [0.2, 0.25) is 5.82 Å². The molecule has 0 aliphatic carbocycles. The van der Waals surface area contributed by atoms with Gasteiger partial charge in [0, 0.05) is 18.7 Å². The third kappa shape index (κ3) is 1.84. The molecule has 5 nitrogen and oxygen atoms in total. The molecule has 5 heteroatoms. The van der Waals surface area contributed by atoms with Gasteiger partial charge in [0.05, 0.1) is 24.8 Å².